The second-order valence-electron chi connectivity index (χ2n) is 6.96. The van der Waals surface area contributed by atoms with Crippen LogP contribution in [0.4, 0.5) is 11.4 Å². The third kappa shape index (κ3) is 4.18. The van der Waals surface area contributed by atoms with E-state index in [2.05, 4.69) is 5.32 Å². The molecule has 2 amide bonds. The van der Waals surface area contributed by atoms with Crippen LogP contribution in [0.15, 0.2) is 65.3 Å². The number of benzene rings is 2. The molecule has 0 fully saturated rings. The summed E-state index contributed by atoms with van der Waals surface area (Å²) in [7, 11) is 0. The molecule has 1 aliphatic heterocycles. The van der Waals surface area contributed by atoms with Crippen LogP contribution in [0.5, 0.6) is 5.75 Å². The van der Waals surface area contributed by atoms with Crippen molar-refractivity contribution >= 4 is 40.6 Å². The minimum Gasteiger partial charge on any atom is -0.478 e. The van der Waals surface area contributed by atoms with Crippen LogP contribution in [0.1, 0.15) is 29.5 Å². The van der Waals surface area contributed by atoms with Gasteiger partial charge in [-0.05, 0) is 48.9 Å². The number of ether oxygens (including phenoxy) is 1. The van der Waals surface area contributed by atoms with Crippen molar-refractivity contribution in [3.8, 4) is 5.75 Å². The highest BCUT2D eigenvalue weighted by molar-refractivity contribution is 6.33. The zero-order valence-corrected chi connectivity index (χ0v) is 17.4. The lowest BCUT2D eigenvalue weighted by molar-refractivity contribution is -0.128. The van der Waals surface area contributed by atoms with E-state index in [9.17, 15) is 14.4 Å². The lowest BCUT2D eigenvalue weighted by atomic mass is 10.0. The zero-order chi connectivity index (χ0) is 22.0. The second kappa shape index (κ2) is 8.65. The molecule has 0 bridgehead atoms. The summed E-state index contributed by atoms with van der Waals surface area (Å²) in [5, 5.41) is 3.10. The van der Waals surface area contributed by atoms with E-state index in [-0.39, 0.29) is 24.0 Å². The van der Waals surface area contributed by atoms with E-state index in [1.807, 2.05) is 6.92 Å². The molecule has 3 aromatic rings. The number of rotatable bonds is 6. The van der Waals surface area contributed by atoms with Crippen molar-refractivity contribution in [3.05, 3.63) is 77.2 Å². The first-order chi connectivity index (χ1) is 15.0. The lowest BCUT2D eigenvalue weighted by Gasteiger charge is -2.34. The number of fused-ring (bicyclic) bond motifs is 1. The van der Waals surface area contributed by atoms with E-state index in [0.29, 0.717) is 34.1 Å². The normalized spacial score (nSPS) is 15.2. The van der Waals surface area contributed by atoms with E-state index >= 15 is 0 Å². The number of ketones is 1. The molecule has 0 saturated carbocycles. The van der Waals surface area contributed by atoms with Gasteiger partial charge in [-0.15, -0.1) is 0 Å². The van der Waals surface area contributed by atoms with Crippen molar-refractivity contribution in [2.24, 2.45) is 0 Å². The maximum absolute atomic E-state index is 13.0. The fourth-order valence-electron chi connectivity index (χ4n) is 3.33. The molecular weight excluding hydrogens is 420 g/mol. The number of hydrogen-bond donors (Lipinski definition) is 1. The van der Waals surface area contributed by atoms with Crippen molar-refractivity contribution in [2.45, 2.75) is 19.4 Å². The van der Waals surface area contributed by atoms with Gasteiger partial charge in [-0.2, -0.15) is 0 Å². The fraction of sp³-hybridized carbons (Fsp3) is 0.174. The molecule has 8 heteroatoms. The Labute approximate surface area is 183 Å². The Kier molecular flexibility index (Phi) is 5.77. The van der Waals surface area contributed by atoms with Gasteiger partial charge in [0.2, 0.25) is 11.7 Å². The number of hydrogen-bond acceptors (Lipinski definition) is 5. The van der Waals surface area contributed by atoms with Gasteiger partial charge in [0.05, 0.1) is 22.7 Å². The monoisotopic (exact) mass is 438 g/mol. The van der Waals surface area contributed by atoms with Crippen LogP contribution in [-0.2, 0) is 9.59 Å². The van der Waals surface area contributed by atoms with Crippen LogP contribution in [0, 0.1) is 0 Å². The molecule has 0 saturated heterocycles. The van der Waals surface area contributed by atoms with E-state index in [1.54, 1.807) is 48.5 Å². The largest absolute Gasteiger partial charge is 0.478 e. The predicted molar refractivity (Wildman–Crippen MR) is 116 cm³/mol. The molecule has 2 aromatic carbocycles. The number of nitrogens with one attached hydrogen (secondary N) is 1. The number of anilines is 2. The van der Waals surface area contributed by atoms with Gasteiger partial charge >= 0.3 is 0 Å². The van der Waals surface area contributed by atoms with Gasteiger partial charge in [-0.25, -0.2) is 0 Å². The van der Waals surface area contributed by atoms with E-state index in [1.165, 1.54) is 17.2 Å². The van der Waals surface area contributed by atoms with Crippen molar-refractivity contribution in [1.82, 2.24) is 0 Å². The molecule has 31 heavy (non-hydrogen) atoms. The Hall–Kier alpha value is -3.58. The van der Waals surface area contributed by atoms with Gasteiger partial charge in [-0.3, -0.25) is 19.3 Å². The molecule has 7 nitrogen and oxygen atoms in total. The van der Waals surface area contributed by atoms with Crippen molar-refractivity contribution in [2.75, 3.05) is 16.8 Å². The minimum absolute atomic E-state index is 0.178. The number of halogens is 1. The lowest BCUT2D eigenvalue weighted by Crippen LogP contribution is -2.48. The van der Waals surface area contributed by atoms with Gasteiger partial charge in [0.25, 0.3) is 5.91 Å². The number of para-hydroxylation sites is 1. The molecule has 2 heterocycles. The molecule has 1 aliphatic rings. The summed E-state index contributed by atoms with van der Waals surface area (Å²) in [6.07, 6.45) is 1.14. The standard InChI is InChI=1S/C23H19ClN2O5/c1-2-18-23(29)26(13-21(27)25-16-7-4-3-6-15(16)24)17-12-14(9-10-19(17)31-18)22(28)20-8-5-11-30-20/h3-12,18H,2,13H2,1H3,(H,25,27). The SMILES string of the molecule is CCC1Oc2ccc(C(=O)c3ccco3)cc2N(CC(=O)Nc2ccccc2Cl)C1=O. The van der Waals surface area contributed by atoms with Crippen LogP contribution in [0.3, 0.4) is 0 Å². The molecule has 158 valence electrons. The Morgan fingerprint density at radius 1 is 1.13 bits per heavy atom. The molecular formula is C23H19ClN2O5. The molecule has 1 unspecified atom stereocenters. The zero-order valence-electron chi connectivity index (χ0n) is 16.6. The minimum atomic E-state index is -0.716. The first-order valence-corrected chi connectivity index (χ1v) is 10.1. The third-order valence-electron chi connectivity index (χ3n) is 4.89. The second-order valence-corrected chi connectivity index (χ2v) is 7.36. The van der Waals surface area contributed by atoms with E-state index < -0.39 is 12.0 Å². The summed E-state index contributed by atoms with van der Waals surface area (Å²) < 4.78 is 11.0. The fourth-order valence-corrected chi connectivity index (χ4v) is 3.52. The van der Waals surface area contributed by atoms with Crippen LogP contribution >= 0.6 is 11.6 Å². The molecule has 1 atom stereocenters. The van der Waals surface area contributed by atoms with Crippen molar-refractivity contribution in [1.29, 1.82) is 0 Å². The van der Waals surface area contributed by atoms with Gasteiger partial charge in [0, 0.05) is 5.56 Å². The summed E-state index contributed by atoms with van der Waals surface area (Å²) >= 11 is 6.11. The molecule has 1 aromatic heterocycles. The summed E-state index contributed by atoms with van der Waals surface area (Å²) in [6, 6.07) is 14.8. The maximum Gasteiger partial charge on any atom is 0.268 e. The third-order valence-corrected chi connectivity index (χ3v) is 5.22. The number of amides is 2. The quantitative estimate of drug-likeness (QED) is 0.579. The Morgan fingerprint density at radius 2 is 1.94 bits per heavy atom. The Bertz CT molecular complexity index is 1140. The van der Waals surface area contributed by atoms with Crippen LogP contribution < -0.4 is 15.0 Å². The molecule has 0 spiro atoms. The smallest absolute Gasteiger partial charge is 0.268 e. The summed E-state index contributed by atoms with van der Waals surface area (Å²) in [5.74, 6) is -0.511. The van der Waals surface area contributed by atoms with E-state index in [4.69, 9.17) is 20.8 Å². The molecule has 1 N–H and O–H groups in total. The molecule has 4 rings (SSSR count). The van der Waals surface area contributed by atoms with Crippen LogP contribution in [-0.4, -0.2) is 30.2 Å². The van der Waals surface area contributed by atoms with Gasteiger partial charge in [0.15, 0.2) is 11.9 Å². The Morgan fingerprint density at radius 3 is 2.65 bits per heavy atom. The number of carbonyl (C=O) groups is 3. The average molecular weight is 439 g/mol. The summed E-state index contributed by atoms with van der Waals surface area (Å²) in [6.45, 7) is 1.57. The first-order valence-electron chi connectivity index (χ1n) is 9.72. The van der Waals surface area contributed by atoms with Crippen molar-refractivity contribution < 1.29 is 23.5 Å². The molecule has 0 radical (unpaired) electrons. The van der Waals surface area contributed by atoms with Crippen molar-refractivity contribution in [3.63, 3.8) is 0 Å². The highest BCUT2D eigenvalue weighted by Gasteiger charge is 2.35. The first kappa shape index (κ1) is 20.7. The number of furan rings is 1. The van der Waals surface area contributed by atoms with Gasteiger partial charge in [-0.1, -0.05) is 30.7 Å². The number of carbonyl (C=O) groups excluding carboxylic acids is 3. The number of nitrogens with zero attached hydrogens (tertiary/aromatic N) is 1. The molecule has 0 aliphatic carbocycles. The maximum atomic E-state index is 13.0. The van der Waals surface area contributed by atoms with Gasteiger partial charge < -0.3 is 14.5 Å². The summed E-state index contributed by atoms with van der Waals surface area (Å²) in [5.41, 5.74) is 1.11. The summed E-state index contributed by atoms with van der Waals surface area (Å²) in [4.78, 5) is 39.7. The Balaban J connectivity index is 1.64. The topological polar surface area (TPSA) is 88.8 Å². The van der Waals surface area contributed by atoms with Crippen LogP contribution in [0.2, 0.25) is 5.02 Å². The van der Waals surface area contributed by atoms with E-state index in [0.717, 1.165) is 0 Å². The van der Waals surface area contributed by atoms with Crippen LogP contribution in [0.25, 0.3) is 0 Å². The predicted octanol–water partition coefficient (Wildman–Crippen LogP) is 4.31. The van der Waals surface area contributed by atoms with Gasteiger partial charge in [0.1, 0.15) is 12.3 Å². The highest BCUT2D eigenvalue weighted by Crippen LogP contribution is 2.36. The average Bonchev–Trinajstić information content (AvgIpc) is 3.31. The highest BCUT2D eigenvalue weighted by atomic mass is 35.5.